The fourth-order valence-electron chi connectivity index (χ4n) is 1.18. The maximum atomic E-state index is 11.3. The van der Waals surface area contributed by atoms with Gasteiger partial charge < -0.3 is 15.2 Å². The molecule has 0 aromatic heterocycles. The molecule has 2 N–H and O–H groups in total. The first-order valence-electron chi connectivity index (χ1n) is 5.95. The minimum Gasteiger partial charge on any atom is -0.460 e. The van der Waals surface area contributed by atoms with E-state index in [1.54, 1.807) is 0 Å². The minimum atomic E-state index is -0.407. The summed E-state index contributed by atoms with van der Waals surface area (Å²) in [7, 11) is 0. The number of rotatable bonds is 7. The van der Waals surface area contributed by atoms with E-state index >= 15 is 0 Å². The first-order valence-corrected chi connectivity index (χ1v) is 5.95. The van der Waals surface area contributed by atoms with Crippen molar-refractivity contribution >= 4 is 5.97 Å². The van der Waals surface area contributed by atoms with Gasteiger partial charge >= 0.3 is 5.97 Å². The van der Waals surface area contributed by atoms with Crippen molar-refractivity contribution in [2.75, 3.05) is 13.1 Å². The van der Waals surface area contributed by atoms with Crippen molar-refractivity contribution in [2.45, 2.75) is 58.7 Å². The van der Waals surface area contributed by atoms with Crippen molar-refractivity contribution in [3.63, 3.8) is 0 Å². The third-order valence-corrected chi connectivity index (χ3v) is 2.05. The second kappa shape index (κ2) is 7.63. The molecular formula is C12H25NO3. The third-order valence-electron chi connectivity index (χ3n) is 2.05. The number of hydrogen-bond acceptors (Lipinski definition) is 4. The van der Waals surface area contributed by atoms with Gasteiger partial charge in [-0.3, -0.25) is 4.79 Å². The molecule has 1 unspecified atom stereocenters. The van der Waals surface area contributed by atoms with Gasteiger partial charge in [0.25, 0.3) is 0 Å². The zero-order valence-electron chi connectivity index (χ0n) is 10.9. The number of hydrogen-bond donors (Lipinski definition) is 2. The second-order valence-corrected chi connectivity index (χ2v) is 4.94. The number of carbonyl (C=O) groups is 1. The van der Waals surface area contributed by atoms with E-state index < -0.39 is 5.60 Å². The highest BCUT2D eigenvalue weighted by Gasteiger charge is 2.15. The van der Waals surface area contributed by atoms with E-state index in [1.165, 1.54) is 0 Å². The van der Waals surface area contributed by atoms with Crippen LogP contribution in [0.4, 0.5) is 0 Å². The van der Waals surface area contributed by atoms with Gasteiger partial charge in [-0.1, -0.05) is 6.92 Å². The summed E-state index contributed by atoms with van der Waals surface area (Å²) in [6, 6.07) is 0. The zero-order valence-corrected chi connectivity index (χ0v) is 10.9. The van der Waals surface area contributed by atoms with Gasteiger partial charge in [-0.15, -0.1) is 0 Å². The molecule has 96 valence electrons. The monoisotopic (exact) mass is 231 g/mol. The Hall–Kier alpha value is -0.610. The molecule has 0 amide bonds. The van der Waals surface area contributed by atoms with Crippen molar-refractivity contribution in [3.05, 3.63) is 0 Å². The summed E-state index contributed by atoms with van der Waals surface area (Å²) in [5, 5.41) is 12.4. The number of ether oxygens (including phenoxy) is 1. The molecule has 0 spiro atoms. The molecule has 4 nitrogen and oxygen atoms in total. The molecule has 0 aromatic carbocycles. The topological polar surface area (TPSA) is 58.6 Å². The molecule has 0 heterocycles. The Bertz CT molecular complexity index is 199. The van der Waals surface area contributed by atoms with E-state index in [9.17, 15) is 9.90 Å². The molecule has 0 bridgehead atoms. The number of esters is 1. The fourth-order valence-corrected chi connectivity index (χ4v) is 1.18. The molecule has 16 heavy (non-hydrogen) atoms. The predicted octanol–water partition coefficient (Wildman–Crippen LogP) is 1.47. The van der Waals surface area contributed by atoms with Gasteiger partial charge in [-0.2, -0.15) is 0 Å². The van der Waals surface area contributed by atoms with Crippen molar-refractivity contribution in [1.29, 1.82) is 0 Å². The summed E-state index contributed by atoms with van der Waals surface area (Å²) in [6.07, 6.45) is 1.63. The van der Waals surface area contributed by atoms with E-state index in [0.717, 1.165) is 19.4 Å². The summed E-state index contributed by atoms with van der Waals surface area (Å²) in [5.41, 5.74) is -0.407. The first kappa shape index (κ1) is 15.4. The van der Waals surface area contributed by atoms with Crippen LogP contribution in [0.2, 0.25) is 0 Å². The molecule has 0 aliphatic rings. The molecule has 0 saturated heterocycles. The average molecular weight is 231 g/mol. The lowest BCUT2D eigenvalue weighted by Crippen LogP contribution is -2.27. The van der Waals surface area contributed by atoms with Crippen LogP contribution in [0, 0.1) is 0 Å². The summed E-state index contributed by atoms with van der Waals surface area (Å²) in [6.45, 7) is 8.86. The van der Waals surface area contributed by atoms with E-state index in [-0.39, 0.29) is 12.1 Å². The summed E-state index contributed by atoms with van der Waals surface area (Å²) in [4.78, 5) is 11.3. The minimum absolute atomic E-state index is 0.184. The van der Waals surface area contributed by atoms with Crippen molar-refractivity contribution < 1.29 is 14.6 Å². The molecular weight excluding hydrogens is 206 g/mol. The number of nitrogens with one attached hydrogen (secondary N) is 1. The van der Waals surface area contributed by atoms with Crippen molar-refractivity contribution in [1.82, 2.24) is 5.32 Å². The normalized spacial score (nSPS) is 13.6. The lowest BCUT2D eigenvalue weighted by Gasteiger charge is -2.19. The molecule has 0 fully saturated rings. The summed E-state index contributed by atoms with van der Waals surface area (Å²) < 4.78 is 5.16. The maximum Gasteiger partial charge on any atom is 0.307 e. The van der Waals surface area contributed by atoms with Crippen LogP contribution in [0.25, 0.3) is 0 Å². The summed E-state index contributed by atoms with van der Waals surface area (Å²) >= 11 is 0. The van der Waals surface area contributed by atoms with Gasteiger partial charge in [-0.05, 0) is 40.2 Å². The van der Waals surface area contributed by atoms with E-state index in [1.807, 2.05) is 27.7 Å². The fraction of sp³-hybridized carbons (Fsp3) is 0.917. The van der Waals surface area contributed by atoms with Crippen LogP contribution in [0.1, 0.15) is 47.0 Å². The van der Waals surface area contributed by atoms with E-state index in [0.29, 0.717) is 13.0 Å². The van der Waals surface area contributed by atoms with Crippen LogP contribution >= 0.6 is 0 Å². The Morgan fingerprint density at radius 1 is 1.38 bits per heavy atom. The molecule has 1 atom stereocenters. The maximum absolute atomic E-state index is 11.3. The van der Waals surface area contributed by atoms with Crippen molar-refractivity contribution in [2.24, 2.45) is 0 Å². The molecule has 4 heteroatoms. The molecule has 0 radical (unpaired) electrons. The van der Waals surface area contributed by atoms with Crippen LogP contribution in [0.3, 0.4) is 0 Å². The van der Waals surface area contributed by atoms with Crippen LogP contribution < -0.4 is 5.32 Å². The van der Waals surface area contributed by atoms with Crippen LogP contribution in [0.15, 0.2) is 0 Å². The Labute approximate surface area is 98.4 Å². The first-order chi connectivity index (χ1) is 7.35. The molecule has 0 aliphatic heterocycles. The smallest absolute Gasteiger partial charge is 0.307 e. The van der Waals surface area contributed by atoms with E-state index in [2.05, 4.69) is 5.32 Å². The van der Waals surface area contributed by atoms with Crippen LogP contribution in [0.5, 0.6) is 0 Å². The highest BCUT2D eigenvalue weighted by Crippen LogP contribution is 2.07. The lowest BCUT2D eigenvalue weighted by atomic mass is 10.2. The molecule has 0 aromatic rings. The van der Waals surface area contributed by atoms with Gasteiger partial charge in [0.1, 0.15) is 5.60 Å². The Morgan fingerprint density at radius 2 is 2.00 bits per heavy atom. The second-order valence-electron chi connectivity index (χ2n) is 4.94. The highest BCUT2D eigenvalue weighted by molar-refractivity contribution is 5.70. The van der Waals surface area contributed by atoms with Crippen LogP contribution in [-0.2, 0) is 9.53 Å². The molecule has 0 saturated carbocycles. The standard InChI is InChI=1S/C12H25NO3/c1-5-10(14)6-8-13-9-7-11(15)16-12(2,3)4/h10,13-14H,5-9H2,1-4H3. The highest BCUT2D eigenvalue weighted by atomic mass is 16.6. The van der Waals surface area contributed by atoms with Crippen LogP contribution in [-0.4, -0.2) is 35.9 Å². The SMILES string of the molecule is CCC(O)CCNCCC(=O)OC(C)(C)C. The largest absolute Gasteiger partial charge is 0.460 e. The predicted molar refractivity (Wildman–Crippen MR) is 64.2 cm³/mol. The third kappa shape index (κ3) is 9.93. The van der Waals surface area contributed by atoms with E-state index in [4.69, 9.17) is 4.74 Å². The Kier molecular flexibility index (Phi) is 7.34. The summed E-state index contributed by atoms with van der Waals surface area (Å²) in [5.74, 6) is -0.184. The van der Waals surface area contributed by atoms with Gasteiger partial charge in [0.05, 0.1) is 12.5 Å². The number of aliphatic hydroxyl groups excluding tert-OH is 1. The molecule has 0 aliphatic carbocycles. The van der Waals surface area contributed by atoms with Gasteiger partial charge in [-0.25, -0.2) is 0 Å². The molecule has 0 rings (SSSR count). The number of carbonyl (C=O) groups excluding carboxylic acids is 1. The average Bonchev–Trinajstić information content (AvgIpc) is 2.14. The van der Waals surface area contributed by atoms with Crippen molar-refractivity contribution in [3.8, 4) is 0 Å². The zero-order chi connectivity index (χ0) is 12.6. The quantitative estimate of drug-likeness (QED) is 0.514. The number of aliphatic hydroxyl groups is 1. The van der Waals surface area contributed by atoms with Gasteiger partial charge in [0.15, 0.2) is 0 Å². The lowest BCUT2D eigenvalue weighted by molar-refractivity contribution is -0.154. The van der Waals surface area contributed by atoms with Gasteiger partial charge in [0.2, 0.25) is 0 Å². The van der Waals surface area contributed by atoms with Gasteiger partial charge in [0, 0.05) is 6.54 Å². The Balaban J connectivity index is 3.42. The Morgan fingerprint density at radius 3 is 2.50 bits per heavy atom.